The number of hydrogen-bond acceptors (Lipinski definition) is 6. The van der Waals surface area contributed by atoms with Crippen molar-refractivity contribution >= 4 is 23.4 Å². The molecule has 3 N–H and O–H groups in total. The van der Waals surface area contributed by atoms with E-state index >= 15 is 0 Å². The van der Waals surface area contributed by atoms with E-state index < -0.39 is 23.9 Å². The smallest absolute Gasteiger partial charge is 0.426 e. The van der Waals surface area contributed by atoms with Crippen LogP contribution in [0.5, 0.6) is 0 Å². The second-order valence-corrected chi connectivity index (χ2v) is 6.33. The van der Waals surface area contributed by atoms with Crippen LogP contribution in [0, 0.1) is 0 Å². The summed E-state index contributed by atoms with van der Waals surface area (Å²) >= 11 is 0. The summed E-state index contributed by atoms with van der Waals surface area (Å²) in [6.07, 6.45) is -1.36. The minimum Gasteiger partial charge on any atom is -0.443 e. The molecule has 1 aromatic carbocycles. The zero-order valence-electron chi connectivity index (χ0n) is 14.4. The van der Waals surface area contributed by atoms with E-state index in [0.29, 0.717) is 16.9 Å². The van der Waals surface area contributed by atoms with Crippen LogP contribution in [-0.2, 0) is 19.0 Å². The van der Waals surface area contributed by atoms with Crippen molar-refractivity contribution in [3.05, 3.63) is 23.8 Å². The molecule has 24 heavy (non-hydrogen) atoms. The van der Waals surface area contributed by atoms with Gasteiger partial charge in [-0.3, -0.25) is 10.2 Å². The zero-order valence-corrected chi connectivity index (χ0v) is 14.4. The number of benzene rings is 1. The third-order valence-corrected chi connectivity index (χ3v) is 3.39. The minimum atomic E-state index is -0.740. The normalized spacial score (nSPS) is 16.6. The maximum Gasteiger partial charge on any atom is 0.426 e. The molecule has 1 unspecified atom stereocenters. The Morgan fingerprint density at radius 2 is 1.92 bits per heavy atom. The summed E-state index contributed by atoms with van der Waals surface area (Å²) in [5, 5.41) is 2.78. The summed E-state index contributed by atoms with van der Waals surface area (Å²) in [5.41, 5.74) is 6.50. The van der Waals surface area contributed by atoms with Gasteiger partial charge >= 0.3 is 6.09 Å². The highest BCUT2D eigenvalue weighted by atomic mass is 16.7. The topological polar surface area (TPSA) is 97.9 Å². The maximum atomic E-state index is 12.3. The first-order chi connectivity index (χ1) is 11.3. The predicted molar refractivity (Wildman–Crippen MR) is 88.6 cm³/mol. The Hall–Kier alpha value is -2.32. The number of methoxy groups -OCH3 is 2. The summed E-state index contributed by atoms with van der Waals surface area (Å²) in [6.45, 7) is 5.31. The van der Waals surface area contributed by atoms with E-state index in [4.69, 9.17) is 14.2 Å². The Labute approximate surface area is 140 Å². The molecule has 1 heterocycles. The largest absolute Gasteiger partial charge is 0.443 e. The van der Waals surface area contributed by atoms with E-state index in [1.165, 1.54) is 14.2 Å². The second kappa shape index (κ2) is 7.06. The van der Waals surface area contributed by atoms with Crippen LogP contribution in [-0.4, -0.2) is 38.1 Å². The van der Waals surface area contributed by atoms with E-state index in [9.17, 15) is 9.59 Å². The number of hydrogen-bond donors (Lipinski definition) is 3. The van der Waals surface area contributed by atoms with Crippen LogP contribution in [0.4, 0.5) is 16.2 Å². The number of hydrazine groups is 1. The van der Waals surface area contributed by atoms with Crippen LogP contribution in [0.3, 0.4) is 0 Å². The van der Waals surface area contributed by atoms with Gasteiger partial charge in [0.05, 0.1) is 5.69 Å². The van der Waals surface area contributed by atoms with Crippen molar-refractivity contribution in [2.75, 3.05) is 25.0 Å². The predicted octanol–water partition coefficient (Wildman–Crippen LogP) is 2.19. The number of rotatable bonds is 5. The van der Waals surface area contributed by atoms with Gasteiger partial charge in [-0.2, -0.15) is 0 Å². The Morgan fingerprint density at radius 1 is 1.25 bits per heavy atom. The molecule has 2 amide bonds. The van der Waals surface area contributed by atoms with Crippen LogP contribution in [0.15, 0.2) is 18.2 Å². The molecular weight excluding hydrogens is 314 g/mol. The molecule has 0 fully saturated rings. The van der Waals surface area contributed by atoms with Crippen molar-refractivity contribution in [1.82, 2.24) is 5.43 Å². The molecular formula is C16H23N3O5. The van der Waals surface area contributed by atoms with Crippen LogP contribution in [0.2, 0.25) is 0 Å². The molecule has 1 atom stereocenters. The van der Waals surface area contributed by atoms with Crippen LogP contribution in [0.25, 0.3) is 0 Å². The van der Waals surface area contributed by atoms with Gasteiger partial charge < -0.3 is 19.5 Å². The van der Waals surface area contributed by atoms with E-state index in [1.807, 2.05) is 0 Å². The van der Waals surface area contributed by atoms with Gasteiger partial charge in [-0.05, 0) is 32.9 Å². The van der Waals surface area contributed by atoms with Crippen molar-refractivity contribution in [2.45, 2.75) is 38.6 Å². The molecule has 132 valence electrons. The standard InChI is InChI=1S/C16H23N3O5/c1-16(2,3)24-15(21)19-18-10-8-6-7-9-11(10)12(13(20)17-9)14(22-4)23-5/h6-8,12,14,18H,1-5H3,(H,17,20)(H,19,21). The third kappa shape index (κ3) is 3.95. The maximum absolute atomic E-state index is 12.3. The molecule has 2 rings (SSSR count). The van der Waals surface area contributed by atoms with E-state index in [0.717, 1.165) is 0 Å². The van der Waals surface area contributed by atoms with Crippen LogP contribution in [0.1, 0.15) is 32.3 Å². The highest BCUT2D eigenvalue weighted by molar-refractivity contribution is 6.05. The quantitative estimate of drug-likeness (QED) is 0.563. The van der Waals surface area contributed by atoms with Crippen molar-refractivity contribution in [3.63, 3.8) is 0 Å². The fourth-order valence-corrected chi connectivity index (χ4v) is 2.51. The summed E-state index contributed by atoms with van der Waals surface area (Å²) in [4.78, 5) is 24.1. The van der Waals surface area contributed by atoms with E-state index in [-0.39, 0.29) is 5.91 Å². The van der Waals surface area contributed by atoms with Crippen molar-refractivity contribution in [3.8, 4) is 0 Å². The lowest BCUT2D eigenvalue weighted by Gasteiger charge is -2.23. The lowest BCUT2D eigenvalue weighted by molar-refractivity contribution is -0.140. The van der Waals surface area contributed by atoms with Gasteiger partial charge in [0.1, 0.15) is 11.5 Å². The molecule has 0 spiro atoms. The number of carbonyl (C=O) groups is 2. The Kier molecular flexibility index (Phi) is 5.30. The molecule has 0 bridgehead atoms. The van der Waals surface area contributed by atoms with Gasteiger partial charge in [0.25, 0.3) is 0 Å². The lowest BCUT2D eigenvalue weighted by atomic mass is 9.98. The highest BCUT2D eigenvalue weighted by Gasteiger charge is 2.39. The molecule has 0 aromatic heterocycles. The molecule has 1 aromatic rings. The zero-order chi connectivity index (χ0) is 17.9. The highest BCUT2D eigenvalue weighted by Crippen LogP contribution is 2.40. The van der Waals surface area contributed by atoms with Gasteiger partial charge in [0.15, 0.2) is 6.29 Å². The number of carbonyl (C=O) groups excluding carboxylic acids is 2. The average Bonchev–Trinajstić information content (AvgIpc) is 2.82. The van der Waals surface area contributed by atoms with E-state index in [2.05, 4.69) is 16.2 Å². The third-order valence-electron chi connectivity index (χ3n) is 3.39. The summed E-state index contributed by atoms with van der Waals surface area (Å²) in [6, 6.07) is 5.27. The van der Waals surface area contributed by atoms with Gasteiger partial charge in [-0.25, -0.2) is 10.2 Å². The van der Waals surface area contributed by atoms with Crippen molar-refractivity contribution < 1.29 is 23.8 Å². The first-order valence-electron chi connectivity index (χ1n) is 7.51. The first kappa shape index (κ1) is 18.0. The molecule has 0 saturated heterocycles. The van der Waals surface area contributed by atoms with Gasteiger partial charge in [0, 0.05) is 25.5 Å². The molecule has 8 heteroatoms. The minimum absolute atomic E-state index is 0.231. The van der Waals surface area contributed by atoms with Crippen molar-refractivity contribution in [1.29, 1.82) is 0 Å². The molecule has 8 nitrogen and oxygen atoms in total. The number of nitrogens with one attached hydrogen (secondary N) is 3. The summed E-state index contributed by atoms with van der Waals surface area (Å²) in [7, 11) is 2.93. The van der Waals surface area contributed by atoms with Gasteiger partial charge in [-0.15, -0.1) is 0 Å². The molecule has 1 aliphatic heterocycles. The molecule has 1 aliphatic rings. The van der Waals surface area contributed by atoms with Crippen LogP contribution < -0.4 is 16.2 Å². The van der Waals surface area contributed by atoms with Crippen molar-refractivity contribution in [2.24, 2.45) is 0 Å². The van der Waals surface area contributed by atoms with Gasteiger partial charge in [-0.1, -0.05) is 6.07 Å². The molecule has 0 aliphatic carbocycles. The Balaban J connectivity index is 2.21. The summed E-state index contributed by atoms with van der Waals surface area (Å²) < 4.78 is 15.6. The number of amides is 2. The molecule has 0 saturated carbocycles. The number of fused-ring (bicyclic) bond motifs is 1. The number of ether oxygens (including phenoxy) is 3. The SMILES string of the molecule is COC(OC)C1C(=O)Nc2cccc(NNC(=O)OC(C)(C)C)c21. The molecule has 0 radical (unpaired) electrons. The fraction of sp³-hybridized carbons (Fsp3) is 0.500. The Morgan fingerprint density at radius 3 is 2.50 bits per heavy atom. The van der Waals surface area contributed by atoms with Gasteiger partial charge in [0.2, 0.25) is 5.91 Å². The first-order valence-corrected chi connectivity index (χ1v) is 7.51. The lowest BCUT2D eigenvalue weighted by Crippen LogP contribution is -2.36. The fourth-order valence-electron chi connectivity index (χ4n) is 2.51. The second-order valence-electron chi connectivity index (χ2n) is 6.33. The Bertz CT molecular complexity index is 623. The summed E-state index contributed by atoms with van der Waals surface area (Å²) in [5.74, 6) is -0.885. The monoisotopic (exact) mass is 337 g/mol. The number of anilines is 2. The average molecular weight is 337 g/mol. The van der Waals surface area contributed by atoms with E-state index in [1.54, 1.807) is 39.0 Å². The van der Waals surface area contributed by atoms with Crippen LogP contribution >= 0.6 is 0 Å².